The maximum absolute atomic E-state index is 13.0. The van der Waals surface area contributed by atoms with Crippen molar-refractivity contribution in [2.45, 2.75) is 19.4 Å². The smallest absolute Gasteiger partial charge is 0.374 e. The van der Waals surface area contributed by atoms with Crippen LogP contribution < -0.4 is 10.2 Å². The highest BCUT2D eigenvalue weighted by Crippen LogP contribution is 2.28. The molecule has 1 aromatic heterocycles. The van der Waals surface area contributed by atoms with Crippen molar-refractivity contribution in [3.8, 4) is 0 Å². The Hall–Kier alpha value is -3.48. The van der Waals surface area contributed by atoms with Gasteiger partial charge in [0.1, 0.15) is 11.6 Å². The highest BCUT2D eigenvalue weighted by Gasteiger charge is 2.31. The topological polar surface area (TPSA) is 75.0 Å². The maximum Gasteiger partial charge on any atom is 0.374 e. The van der Waals surface area contributed by atoms with Gasteiger partial charge in [0, 0.05) is 49.4 Å². The lowest BCUT2D eigenvalue weighted by atomic mass is 10.1. The number of amides is 1. The van der Waals surface area contributed by atoms with E-state index in [1.54, 1.807) is 13.0 Å². The van der Waals surface area contributed by atoms with Crippen LogP contribution in [0.1, 0.15) is 23.0 Å². The number of piperazine rings is 1. The summed E-state index contributed by atoms with van der Waals surface area (Å²) in [6.45, 7) is 4.98. The van der Waals surface area contributed by atoms with Crippen molar-refractivity contribution < 1.29 is 18.7 Å². The summed E-state index contributed by atoms with van der Waals surface area (Å²) in [5.41, 5.74) is 3.99. The highest BCUT2D eigenvalue weighted by atomic mass is 16.5. The second-order valence-electron chi connectivity index (χ2n) is 7.92. The molecule has 3 heterocycles. The summed E-state index contributed by atoms with van der Waals surface area (Å²) >= 11 is 0. The molecule has 160 valence electrons. The van der Waals surface area contributed by atoms with Crippen LogP contribution in [-0.2, 0) is 16.0 Å². The number of para-hydroxylation sites is 1. The first-order valence-electron chi connectivity index (χ1n) is 10.7. The normalized spacial score (nSPS) is 18.0. The monoisotopic (exact) mass is 419 g/mol. The van der Waals surface area contributed by atoms with Gasteiger partial charge in [0.25, 0.3) is 0 Å². The predicted molar refractivity (Wildman–Crippen MR) is 119 cm³/mol. The Morgan fingerprint density at radius 2 is 1.90 bits per heavy atom. The largest absolute Gasteiger partial charge is 0.460 e. The minimum atomic E-state index is -0.449. The van der Waals surface area contributed by atoms with Gasteiger partial charge in [-0.05, 0) is 42.8 Å². The van der Waals surface area contributed by atoms with Gasteiger partial charge in [-0.25, -0.2) is 4.79 Å². The quantitative estimate of drug-likeness (QED) is 0.654. The molecule has 7 heteroatoms. The second-order valence-corrected chi connectivity index (χ2v) is 7.92. The van der Waals surface area contributed by atoms with E-state index in [0.717, 1.165) is 36.3 Å². The third-order valence-electron chi connectivity index (χ3n) is 6.00. The molecule has 31 heavy (non-hydrogen) atoms. The molecule has 1 amide bonds. The van der Waals surface area contributed by atoms with Crippen LogP contribution in [0.5, 0.6) is 0 Å². The Morgan fingerprint density at radius 1 is 1.10 bits per heavy atom. The summed E-state index contributed by atoms with van der Waals surface area (Å²) in [5.74, 6) is -0.0651. The van der Waals surface area contributed by atoms with E-state index < -0.39 is 5.97 Å². The van der Waals surface area contributed by atoms with E-state index >= 15 is 0 Å². The summed E-state index contributed by atoms with van der Waals surface area (Å²) in [6.07, 6.45) is 0.745. The number of ether oxygens (including phenoxy) is 1. The minimum Gasteiger partial charge on any atom is -0.460 e. The van der Waals surface area contributed by atoms with Crippen LogP contribution in [0.15, 0.2) is 52.9 Å². The van der Waals surface area contributed by atoms with Gasteiger partial charge >= 0.3 is 5.97 Å². The number of nitrogens with zero attached hydrogens (tertiary/aromatic N) is 2. The molecule has 1 N–H and O–H groups in total. The molecular formula is C24H25N3O4. The first-order valence-corrected chi connectivity index (χ1v) is 10.7. The van der Waals surface area contributed by atoms with E-state index in [0.29, 0.717) is 25.3 Å². The van der Waals surface area contributed by atoms with Gasteiger partial charge in [0.2, 0.25) is 11.7 Å². The first kappa shape index (κ1) is 19.5. The molecule has 0 aliphatic carbocycles. The molecule has 2 aromatic carbocycles. The average Bonchev–Trinajstić information content (AvgIpc) is 3.42. The van der Waals surface area contributed by atoms with Crippen LogP contribution in [-0.4, -0.2) is 55.6 Å². The fourth-order valence-corrected chi connectivity index (χ4v) is 4.38. The summed E-state index contributed by atoms with van der Waals surface area (Å²) in [5, 5.41) is 4.23. The lowest BCUT2D eigenvalue weighted by molar-refractivity contribution is -0.132. The predicted octanol–water partition coefficient (Wildman–Crippen LogP) is 3.29. The maximum atomic E-state index is 13.0. The van der Waals surface area contributed by atoms with E-state index in [-0.39, 0.29) is 17.7 Å². The van der Waals surface area contributed by atoms with Gasteiger partial charge < -0.3 is 24.3 Å². The highest BCUT2D eigenvalue weighted by molar-refractivity contribution is 5.93. The molecule has 0 bridgehead atoms. The Kier molecular flexibility index (Phi) is 5.02. The number of nitrogens with one attached hydrogen (secondary N) is 1. The molecule has 1 saturated heterocycles. The molecule has 1 fully saturated rings. The van der Waals surface area contributed by atoms with Crippen molar-refractivity contribution >= 4 is 34.2 Å². The van der Waals surface area contributed by atoms with Crippen molar-refractivity contribution in [2.24, 2.45) is 0 Å². The van der Waals surface area contributed by atoms with Crippen molar-refractivity contribution in [1.29, 1.82) is 0 Å². The number of rotatable bonds is 4. The molecule has 0 spiro atoms. The Bertz CT molecular complexity index is 1110. The molecule has 2 aliphatic heterocycles. The van der Waals surface area contributed by atoms with Crippen molar-refractivity contribution in [3.05, 3.63) is 59.9 Å². The van der Waals surface area contributed by atoms with Crippen LogP contribution in [0, 0.1) is 0 Å². The summed E-state index contributed by atoms with van der Waals surface area (Å²) < 4.78 is 10.6. The van der Waals surface area contributed by atoms with E-state index in [1.807, 2.05) is 41.3 Å². The third-order valence-corrected chi connectivity index (χ3v) is 6.00. The standard InChI is InChI=1S/C24H25N3O4/c1-2-30-24(29)22-15-17-13-18(7-8-21(17)31-22)26-9-11-27(12-10-26)23(28)20-14-16-5-3-4-6-19(16)25-20/h3-8,13,15,20,25H,2,9-12,14H2,1H3/t20-/m1/s1. The molecule has 0 radical (unpaired) electrons. The lowest BCUT2D eigenvalue weighted by Gasteiger charge is -2.37. The SMILES string of the molecule is CCOC(=O)c1cc2cc(N3CCN(C(=O)[C@H]4Cc5ccccc5N4)CC3)ccc2o1. The molecule has 0 saturated carbocycles. The number of hydrogen-bond donors (Lipinski definition) is 1. The molecule has 7 nitrogen and oxygen atoms in total. The zero-order chi connectivity index (χ0) is 21.4. The van der Waals surface area contributed by atoms with E-state index in [1.165, 1.54) is 5.56 Å². The molecule has 1 atom stereocenters. The number of esters is 1. The van der Waals surface area contributed by atoms with Gasteiger partial charge in [-0.15, -0.1) is 0 Å². The molecule has 0 unspecified atom stereocenters. The van der Waals surface area contributed by atoms with Crippen molar-refractivity contribution in [2.75, 3.05) is 43.0 Å². The van der Waals surface area contributed by atoms with E-state index in [9.17, 15) is 9.59 Å². The van der Waals surface area contributed by atoms with Crippen molar-refractivity contribution in [3.63, 3.8) is 0 Å². The number of hydrogen-bond acceptors (Lipinski definition) is 6. The summed E-state index contributed by atoms with van der Waals surface area (Å²) in [4.78, 5) is 29.1. The van der Waals surface area contributed by atoms with Crippen LogP contribution >= 0.6 is 0 Å². The lowest BCUT2D eigenvalue weighted by Crippen LogP contribution is -2.52. The average molecular weight is 419 g/mol. The number of furan rings is 1. The number of carbonyl (C=O) groups excluding carboxylic acids is 2. The van der Waals surface area contributed by atoms with E-state index in [4.69, 9.17) is 9.15 Å². The Morgan fingerprint density at radius 3 is 2.68 bits per heavy atom. The number of anilines is 2. The number of carbonyl (C=O) groups is 2. The van der Waals surface area contributed by atoms with Crippen LogP contribution in [0.25, 0.3) is 11.0 Å². The van der Waals surface area contributed by atoms with Crippen LogP contribution in [0.2, 0.25) is 0 Å². The van der Waals surface area contributed by atoms with Gasteiger partial charge in [0.15, 0.2) is 0 Å². The zero-order valence-corrected chi connectivity index (χ0v) is 17.5. The summed E-state index contributed by atoms with van der Waals surface area (Å²) in [7, 11) is 0. The molecule has 2 aliphatic rings. The van der Waals surface area contributed by atoms with E-state index in [2.05, 4.69) is 16.3 Å². The fourth-order valence-electron chi connectivity index (χ4n) is 4.38. The molecular weight excluding hydrogens is 394 g/mol. The van der Waals surface area contributed by atoms with Gasteiger partial charge in [-0.1, -0.05) is 18.2 Å². The number of fused-ring (bicyclic) bond motifs is 2. The second kappa shape index (κ2) is 7.98. The Labute approximate surface area is 180 Å². The third kappa shape index (κ3) is 3.71. The van der Waals surface area contributed by atoms with Gasteiger partial charge in [-0.2, -0.15) is 0 Å². The van der Waals surface area contributed by atoms with Crippen molar-refractivity contribution in [1.82, 2.24) is 4.90 Å². The fraction of sp³-hybridized carbons (Fsp3) is 0.333. The van der Waals surface area contributed by atoms with Gasteiger partial charge in [0.05, 0.1) is 6.61 Å². The Balaban J connectivity index is 1.23. The first-order chi connectivity index (χ1) is 15.1. The number of benzene rings is 2. The zero-order valence-electron chi connectivity index (χ0n) is 17.5. The summed E-state index contributed by atoms with van der Waals surface area (Å²) in [6, 6.07) is 15.6. The molecule has 3 aromatic rings. The van der Waals surface area contributed by atoms with Crippen LogP contribution in [0.3, 0.4) is 0 Å². The van der Waals surface area contributed by atoms with Gasteiger partial charge in [-0.3, -0.25) is 4.79 Å². The minimum absolute atomic E-state index is 0.167. The van der Waals surface area contributed by atoms with Crippen LogP contribution in [0.4, 0.5) is 11.4 Å². The molecule has 5 rings (SSSR count).